The molecule has 0 amide bonds. The van der Waals surface area contributed by atoms with Crippen LogP contribution in [0.3, 0.4) is 0 Å². The third-order valence-electron chi connectivity index (χ3n) is 1.02. The molecule has 0 atom stereocenters. The van der Waals surface area contributed by atoms with Crippen LogP contribution in [0, 0.1) is 6.42 Å². The summed E-state index contributed by atoms with van der Waals surface area (Å²) < 4.78 is 48.3. The Morgan fingerprint density at radius 2 is 1.87 bits per heavy atom. The van der Waals surface area contributed by atoms with Crippen LogP contribution in [0.5, 0.6) is 0 Å². The topological polar surface area (TPSA) is 9.23 Å². The third kappa shape index (κ3) is 20.6. The Morgan fingerprint density at radius 1 is 1.33 bits per heavy atom. The first-order valence-electron chi connectivity index (χ1n) is 4.31. The van der Waals surface area contributed by atoms with E-state index < -0.39 is 12.1 Å². The van der Waals surface area contributed by atoms with Crippen LogP contribution in [0.1, 0.15) is 6.92 Å². The Hall–Kier alpha value is 0.581. The molecule has 0 saturated heterocycles. The molecule has 0 spiro atoms. The van der Waals surface area contributed by atoms with Gasteiger partial charge in [-0.15, -0.1) is 0 Å². The molecule has 0 bridgehead atoms. The zero-order chi connectivity index (χ0) is 11.4. The Balaban J connectivity index is -0.000000187. The predicted molar refractivity (Wildman–Crippen MR) is 51.5 cm³/mol. The number of ether oxygens (including phenoxy) is 1. The first kappa shape index (κ1) is 20.9. The van der Waals surface area contributed by atoms with Crippen molar-refractivity contribution in [2.45, 2.75) is 19.5 Å². The SMILES string of the molecule is CCOC(F)=C(F)F.C[SiH2]C[CH-]CF.[Y]. The molecule has 0 N–H and O–H groups in total. The summed E-state index contributed by atoms with van der Waals surface area (Å²) in [6.07, 6.45) is -0.710. The molecule has 1 nitrogen and oxygen atoms in total. The molecule has 1 radical (unpaired) electrons. The molecular weight excluding hydrogens is 305 g/mol. The zero-order valence-electron chi connectivity index (χ0n) is 8.90. The first-order chi connectivity index (χ1) is 6.59. The standard InChI is InChI=1S/C4H5F3O.C4H10FSi.Y/c1-2-8-4(7)3(5)6;1-6-4-2-3-5;/h2H2,1H3;2H,3-4,6H2,1H3;/q;-1;. The smallest absolute Gasteiger partial charge is 0.342 e. The third-order valence-corrected chi connectivity index (χ3v) is 2.01. The maximum absolute atomic E-state index is 11.4. The van der Waals surface area contributed by atoms with Gasteiger partial charge in [0.15, 0.2) is 0 Å². The number of halogens is 4. The number of alkyl halides is 1. The van der Waals surface area contributed by atoms with Gasteiger partial charge in [0.2, 0.25) is 0 Å². The molecule has 0 heterocycles. The predicted octanol–water partition coefficient (Wildman–Crippen LogP) is 2.85. The summed E-state index contributed by atoms with van der Waals surface area (Å²) in [6, 6.07) is -0.733. The van der Waals surface area contributed by atoms with Gasteiger partial charge in [-0.2, -0.15) is 19.2 Å². The van der Waals surface area contributed by atoms with Gasteiger partial charge in [0.05, 0.1) is 6.61 Å². The van der Waals surface area contributed by atoms with Crippen molar-refractivity contribution in [3.05, 3.63) is 18.5 Å². The molecule has 0 fully saturated rings. The van der Waals surface area contributed by atoms with Gasteiger partial charge in [-0.1, -0.05) is 6.55 Å². The van der Waals surface area contributed by atoms with Crippen molar-refractivity contribution >= 4 is 9.52 Å². The van der Waals surface area contributed by atoms with E-state index in [2.05, 4.69) is 11.3 Å². The van der Waals surface area contributed by atoms with Crippen molar-refractivity contribution in [2.75, 3.05) is 13.3 Å². The van der Waals surface area contributed by atoms with Crippen LogP contribution >= 0.6 is 0 Å². The normalized spacial score (nSPS) is 8.93. The van der Waals surface area contributed by atoms with Crippen molar-refractivity contribution in [3.63, 3.8) is 0 Å². The summed E-state index contributed by atoms with van der Waals surface area (Å²) >= 11 is 0. The minimum Gasteiger partial charge on any atom is -0.467 e. The molecule has 0 aromatic heterocycles. The summed E-state index contributed by atoms with van der Waals surface area (Å²) in [5.41, 5.74) is 0. The van der Waals surface area contributed by atoms with Crippen molar-refractivity contribution in [2.24, 2.45) is 0 Å². The first-order valence-corrected chi connectivity index (χ1v) is 6.72. The van der Waals surface area contributed by atoms with E-state index in [1.807, 2.05) is 0 Å². The summed E-state index contributed by atoms with van der Waals surface area (Å²) in [5.74, 6) is 0. The van der Waals surface area contributed by atoms with E-state index in [-0.39, 0.29) is 55.5 Å². The van der Waals surface area contributed by atoms with E-state index in [1.165, 1.54) is 6.92 Å². The molecule has 0 aliphatic heterocycles. The Labute approximate surface area is 115 Å². The Bertz CT molecular complexity index is 150. The summed E-state index contributed by atoms with van der Waals surface area (Å²) in [4.78, 5) is 0. The largest absolute Gasteiger partial charge is 0.467 e. The van der Waals surface area contributed by atoms with Gasteiger partial charge in [-0.05, 0) is 23.1 Å². The van der Waals surface area contributed by atoms with Gasteiger partial charge in [0.25, 0.3) is 0 Å². The van der Waals surface area contributed by atoms with E-state index in [0.29, 0.717) is 0 Å². The van der Waals surface area contributed by atoms with Crippen molar-refractivity contribution in [1.29, 1.82) is 0 Å². The average Bonchev–Trinajstić information content (AvgIpc) is 2.16. The number of hydrogen-bond acceptors (Lipinski definition) is 1. The van der Waals surface area contributed by atoms with Crippen LogP contribution in [-0.2, 0) is 37.4 Å². The van der Waals surface area contributed by atoms with Crippen molar-refractivity contribution < 1.29 is 55.0 Å². The average molecular weight is 320 g/mol. The second-order valence-electron chi connectivity index (χ2n) is 2.20. The molecule has 0 aliphatic rings. The zero-order valence-corrected chi connectivity index (χ0v) is 13.2. The molecule has 7 heteroatoms. The van der Waals surface area contributed by atoms with E-state index >= 15 is 0 Å². The molecule has 0 aliphatic carbocycles. The van der Waals surface area contributed by atoms with Crippen LogP contribution in [0.15, 0.2) is 12.1 Å². The van der Waals surface area contributed by atoms with E-state index in [9.17, 15) is 17.6 Å². The molecule has 0 saturated carbocycles. The van der Waals surface area contributed by atoms with Gasteiger partial charge in [-0.3, -0.25) is 4.39 Å². The monoisotopic (exact) mass is 320 g/mol. The maximum Gasteiger partial charge on any atom is 0.342 e. The quantitative estimate of drug-likeness (QED) is 0.249. The summed E-state index contributed by atoms with van der Waals surface area (Å²) in [7, 11) is 0.107. The van der Waals surface area contributed by atoms with Gasteiger partial charge < -0.3 is 11.2 Å². The van der Waals surface area contributed by atoms with Crippen LogP contribution in [0.4, 0.5) is 17.6 Å². The molecule has 15 heavy (non-hydrogen) atoms. The fourth-order valence-electron chi connectivity index (χ4n) is 0.463. The van der Waals surface area contributed by atoms with E-state index in [1.54, 1.807) is 6.42 Å². The van der Waals surface area contributed by atoms with Gasteiger partial charge >= 0.3 is 12.1 Å². The Kier molecular flexibility index (Phi) is 23.7. The number of hydrogen-bond donors (Lipinski definition) is 0. The summed E-state index contributed by atoms with van der Waals surface area (Å²) in [5, 5.41) is 0. The minimum atomic E-state index is -2.41. The summed E-state index contributed by atoms with van der Waals surface area (Å²) in [6.45, 7) is 3.28. The van der Waals surface area contributed by atoms with E-state index in [4.69, 9.17) is 0 Å². The van der Waals surface area contributed by atoms with Crippen LogP contribution in [0.2, 0.25) is 12.6 Å². The second-order valence-corrected chi connectivity index (χ2v) is 3.78. The van der Waals surface area contributed by atoms with Gasteiger partial charge in [-0.25, -0.2) is 0 Å². The molecule has 89 valence electrons. The van der Waals surface area contributed by atoms with Gasteiger partial charge in [0.1, 0.15) is 0 Å². The second kappa shape index (κ2) is 17.0. The molecular formula is C8H15F4OSiY-. The maximum atomic E-state index is 11.4. The van der Waals surface area contributed by atoms with Crippen LogP contribution in [0.25, 0.3) is 0 Å². The van der Waals surface area contributed by atoms with E-state index in [0.717, 1.165) is 6.04 Å². The van der Waals surface area contributed by atoms with Crippen molar-refractivity contribution in [1.82, 2.24) is 0 Å². The van der Waals surface area contributed by atoms with Crippen LogP contribution < -0.4 is 0 Å². The fourth-order valence-corrected chi connectivity index (χ4v) is 1.03. The molecule has 0 aromatic carbocycles. The Morgan fingerprint density at radius 3 is 2.00 bits per heavy atom. The molecule has 0 unspecified atom stereocenters. The van der Waals surface area contributed by atoms with Crippen LogP contribution in [-0.4, -0.2) is 22.8 Å². The fraction of sp³-hybridized carbons (Fsp3) is 0.625. The molecule has 0 aromatic rings. The number of rotatable bonds is 5. The minimum absolute atomic E-state index is 0. The van der Waals surface area contributed by atoms with Crippen molar-refractivity contribution in [3.8, 4) is 0 Å². The van der Waals surface area contributed by atoms with Gasteiger partial charge in [0, 0.05) is 32.7 Å². The molecule has 0 rings (SSSR count).